The lowest BCUT2D eigenvalue weighted by Gasteiger charge is -2.21. The Labute approximate surface area is 89.5 Å². The second-order valence-corrected chi connectivity index (χ2v) is 5.62. The molecule has 0 fully saturated rings. The van der Waals surface area contributed by atoms with E-state index in [1.807, 2.05) is 25.6 Å². The van der Waals surface area contributed by atoms with Crippen LogP contribution in [0.15, 0.2) is 29.2 Å². The molecule has 1 heterocycles. The number of benzene rings is 1. The Balaban J connectivity index is 2.18. The van der Waals surface area contributed by atoms with Gasteiger partial charge in [-0.2, -0.15) is 0 Å². The Hall–Kier alpha value is -0.470. The van der Waals surface area contributed by atoms with Crippen LogP contribution in [0.1, 0.15) is 31.7 Å². The van der Waals surface area contributed by atoms with E-state index in [2.05, 4.69) is 24.3 Å². The van der Waals surface area contributed by atoms with Crippen LogP contribution in [0, 0.1) is 0 Å². The monoisotopic (exact) mass is 208 g/mol. The largest absolute Gasteiger partial charge is 0.390 e. The van der Waals surface area contributed by atoms with Crippen molar-refractivity contribution in [3.8, 4) is 0 Å². The summed E-state index contributed by atoms with van der Waals surface area (Å²) in [7, 11) is 0. The number of hydrogen-bond donors (Lipinski definition) is 1. The van der Waals surface area contributed by atoms with Crippen LogP contribution < -0.4 is 0 Å². The van der Waals surface area contributed by atoms with Gasteiger partial charge in [0.25, 0.3) is 0 Å². The molecule has 0 saturated heterocycles. The Morgan fingerprint density at radius 3 is 2.86 bits per heavy atom. The summed E-state index contributed by atoms with van der Waals surface area (Å²) < 4.78 is 0. The smallest absolute Gasteiger partial charge is 0.0597 e. The Morgan fingerprint density at radius 1 is 1.43 bits per heavy atom. The summed E-state index contributed by atoms with van der Waals surface area (Å²) in [5, 5.41) is 9.79. The first-order chi connectivity index (χ1) is 6.56. The van der Waals surface area contributed by atoms with Crippen molar-refractivity contribution in [2.75, 3.05) is 5.75 Å². The molecule has 14 heavy (non-hydrogen) atoms. The van der Waals surface area contributed by atoms with E-state index in [4.69, 9.17) is 0 Å². The van der Waals surface area contributed by atoms with E-state index in [-0.39, 0.29) is 0 Å². The van der Waals surface area contributed by atoms with E-state index in [0.29, 0.717) is 5.92 Å². The highest BCUT2D eigenvalue weighted by Gasteiger charge is 2.27. The standard InChI is InChI=1S/C12H16OS/c1-12(2,13)7-9-8-14-11-6-4-3-5-10(9)11/h3-6,9,13H,7-8H2,1-2H3. The minimum absolute atomic E-state index is 0.524. The number of hydrogen-bond acceptors (Lipinski definition) is 2. The second kappa shape index (κ2) is 3.59. The van der Waals surface area contributed by atoms with Gasteiger partial charge in [-0.1, -0.05) is 18.2 Å². The Bertz CT molecular complexity index is 327. The maximum absolute atomic E-state index is 9.79. The molecule has 1 aromatic rings. The van der Waals surface area contributed by atoms with Gasteiger partial charge in [-0.3, -0.25) is 0 Å². The highest BCUT2D eigenvalue weighted by atomic mass is 32.2. The van der Waals surface area contributed by atoms with Crippen molar-refractivity contribution in [3.05, 3.63) is 29.8 Å². The molecule has 1 aromatic carbocycles. The number of aliphatic hydroxyl groups is 1. The SMILES string of the molecule is CC(C)(O)CC1CSc2ccccc21. The average molecular weight is 208 g/mol. The van der Waals surface area contributed by atoms with Crippen molar-refractivity contribution in [3.63, 3.8) is 0 Å². The van der Waals surface area contributed by atoms with Gasteiger partial charge in [0.15, 0.2) is 0 Å². The van der Waals surface area contributed by atoms with Gasteiger partial charge in [0.05, 0.1) is 5.60 Å². The molecule has 1 aliphatic heterocycles. The number of thioether (sulfide) groups is 1. The van der Waals surface area contributed by atoms with Crippen molar-refractivity contribution in [1.29, 1.82) is 0 Å². The van der Waals surface area contributed by atoms with Gasteiger partial charge >= 0.3 is 0 Å². The van der Waals surface area contributed by atoms with Crippen LogP contribution in [0.4, 0.5) is 0 Å². The van der Waals surface area contributed by atoms with E-state index >= 15 is 0 Å². The van der Waals surface area contributed by atoms with Crippen molar-refractivity contribution in [2.24, 2.45) is 0 Å². The fraction of sp³-hybridized carbons (Fsp3) is 0.500. The van der Waals surface area contributed by atoms with Crippen molar-refractivity contribution >= 4 is 11.8 Å². The van der Waals surface area contributed by atoms with E-state index in [1.54, 1.807) is 0 Å². The van der Waals surface area contributed by atoms with Gasteiger partial charge in [-0.25, -0.2) is 0 Å². The van der Waals surface area contributed by atoms with Crippen LogP contribution in [0.2, 0.25) is 0 Å². The molecule has 1 aliphatic rings. The van der Waals surface area contributed by atoms with E-state index in [1.165, 1.54) is 10.5 Å². The van der Waals surface area contributed by atoms with Crippen molar-refractivity contribution in [2.45, 2.75) is 36.7 Å². The van der Waals surface area contributed by atoms with E-state index < -0.39 is 5.60 Å². The summed E-state index contributed by atoms with van der Waals surface area (Å²) in [6.07, 6.45) is 0.858. The first kappa shape index (κ1) is 10.1. The lowest BCUT2D eigenvalue weighted by Crippen LogP contribution is -2.22. The molecular formula is C12H16OS. The zero-order valence-electron chi connectivity index (χ0n) is 8.66. The molecule has 0 bridgehead atoms. The van der Waals surface area contributed by atoms with Crippen LogP contribution in [-0.4, -0.2) is 16.5 Å². The third-order valence-corrected chi connectivity index (χ3v) is 3.80. The minimum atomic E-state index is -0.553. The molecule has 1 N–H and O–H groups in total. The summed E-state index contributed by atoms with van der Waals surface area (Å²) in [4.78, 5) is 1.39. The highest BCUT2D eigenvalue weighted by molar-refractivity contribution is 7.99. The number of fused-ring (bicyclic) bond motifs is 1. The zero-order valence-corrected chi connectivity index (χ0v) is 9.47. The highest BCUT2D eigenvalue weighted by Crippen LogP contribution is 2.42. The van der Waals surface area contributed by atoms with Gasteiger partial charge in [-0.15, -0.1) is 11.8 Å². The molecular weight excluding hydrogens is 192 g/mol. The lowest BCUT2D eigenvalue weighted by atomic mass is 9.89. The van der Waals surface area contributed by atoms with Gasteiger partial charge in [-0.05, 0) is 37.8 Å². The maximum Gasteiger partial charge on any atom is 0.0597 e. The molecule has 0 amide bonds. The average Bonchev–Trinajstić information content (AvgIpc) is 2.47. The summed E-state index contributed by atoms with van der Waals surface area (Å²) in [5.74, 6) is 1.64. The van der Waals surface area contributed by atoms with Crippen LogP contribution in [0.3, 0.4) is 0 Å². The Morgan fingerprint density at radius 2 is 2.14 bits per heavy atom. The van der Waals surface area contributed by atoms with Crippen LogP contribution in [-0.2, 0) is 0 Å². The summed E-state index contributed by atoms with van der Waals surface area (Å²) in [6, 6.07) is 8.52. The summed E-state index contributed by atoms with van der Waals surface area (Å²) in [6.45, 7) is 3.78. The van der Waals surface area contributed by atoms with Gasteiger partial charge in [0.2, 0.25) is 0 Å². The summed E-state index contributed by atoms with van der Waals surface area (Å²) in [5.41, 5.74) is 0.863. The second-order valence-electron chi connectivity index (χ2n) is 4.56. The fourth-order valence-electron chi connectivity index (χ4n) is 2.00. The van der Waals surface area contributed by atoms with E-state index in [9.17, 15) is 5.11 Å². The van der Waals surface area contributed by atoms with Gasteiger partial charge < -0.3 is 5.11 Å². The van der Waals surface area contributed by atoms with E-state index in [0.717, 1.165) is 12.2 Å². The quantitative estimate of drug-likeness (QED) is 0.806. The lowest BCUT2D eigenvalue weighted by molar-refractivity contribution is 0.0652. The van der Waals surface area contributed by atoms with Crippen LogP contribution >= 0.6 is 11.8 Å². The maximum atomic E-state index is 9.79. The van der Waals surface area contributed by atoms with Crippen molar-refractivity contribution in [1.82, 2.24) is 0 Å². The summed E-state index contributed by atoms with van der Waals surface area (Å²) >= 11 is 1.91. The first-order valence-electron chi connectivity index (χ1n) is 5.00. The van der Waals surface area contributed by atoms with Crippen molar-refractivity contribution < 1.29 is 5.11 Å². The number of rotatable bonds is 2. The third-order valence-electron chi connectivity index (χ3n) is 2.54. The fourth-order valence-corrected chi connectivity index (χ4v) is 3.26. The Kier molecular flexibility index (Phi) is 2.58. The molecule has 2 rings (SSSR count). The molecule has 76 valence electrons. The first-order valence-corrected chi connectivity index (χ1v) is 5.99. The molecule has 1 unspecified atom stereocenters. The molecule has 1 atom stereocenters. The minimum Gasteiger partial charge on any atom is -0.390 e. The molecule has 0 spiro atoms. The molecule has 0 aromatic heterocycles. The molecule has 0 radical (unpaired) electrons. The zero-order chi connectivity index (χ0) is 10.2. The topological polar surface area (TPSA) is 20.2 Å². The normalized spacial score (nSPS) is 20.9. The molecule has 0 saturated carbocycles. The van der Waals surface area contributed by atoms with Crippen LogP contribution in [0.25, 0.3) is 0 Å². The van der Waals surface area contributed by atoms with Crippen LogP contribution in [0.5, 0.6) is 0 Å². The predicted molar refractivity (Wildman–Crippen MR) is 60.8 cm³/mol. The van der Waals surface area contributed by atoms with Gasteiger partial charge in [0.1, 0.15) is 0 Å². The van der Waals surface area contributed by atoms with Gasteiger partial charge in [0, 0.05) is 10.6 Å². The predicted octanol–water partition coefficient (Wildman–Crippen LogP) is 3.04. The molecule has 2 heteroatoms. The molecule has 0 aliphatic carbocycles. The third kappa shape index (κ3) is 2.12. The molecule has 1 nitrogen and oxygen atoms in total.